The predicted octanol–water partition coefficient (Wildman–Crippen LogP) is 1.43. The van der Waals surface area contributed by atoms with Gasteiger partial charge in [0.25, 0.3) is 0 Å². The number of carboxylic acid groups (broad SMARTS) is 1. The molecule has 0 saturated heterocycles. The lowest BCUT2D eigenvalue weighted by Gasteiger charge is -2.38. The van der Waals surface area contributed by atoms with E-state index >= 15 is 0 Å². The fraction of sp³-hybridized carbons (Fsp3) is 0.857. The fourth-order valence-corrected chi connectivity index (χ4v) is 2.69. The maximum Gasteiger partial charge on any atom is 0.329 e. The van der Waals surface area contributed by atoms with Crippen LogP contribution in [0.25, 0.3) is 0 Å². The van der Waals surface area contributed by atoms with Crippen molar-refractivity contribution in [1.82, 2.24) is 10.2 Å². The molecular formula is C14H26N2O4. The average molecular weight is 286 g/mol. The largest absolute Gasteiger partial charge is 0.480 e. The lowest BCUT2D eigenvalue weighted by atomic mass is 9.76. The number of nitrogens with one attached hydrogen (secondary N) is 1. The number of urea groups is 1. The molecule has 6 nitrogen and oxygen atoms in total. The van der Waals surface area contributed by atoms with Crippen LogP contribution < -0.4 is 5.32 Å². The first-order chi connectivity index (χ1) is 9.27. The second kappa shape index (κ2) is 6.92. The van der Waals surface area contributed by atoms with Gasteiger partial charge in [-0.25, -0.2) is 9.59 Å². The number of amides is 2. The summed E-state index contributed by atoms with van der Waals surface area (Å²) in [5.74, 6) is -0.663. The molecule has 3 atom stereocenters. The SMILES string of the molecule is CC(O)CCN(C)C(=O)NC1(C(=O)O)CCCC(C)C1. The molecule has 0 bridgehead atoms. The standard InChI is InChI=1S/C14H26N2O4/c1-10-5-4-7-14(9-10,12(18)19)15-13(20)16(3)8-6-11(2)17/h10-11,17H,4-9H2,1-3H3,(H,15,20)(H,18,19). The highest BCUT2D eigenvalue weighted by Crippen LogP contribution is 2.32. The lowest BCUT2D eigenvalue weighted by molar-refractivity contribution is -0.146. The Morgan fingerprint density at radius 1 is 1.50 bits per heavy atom. The third-order valence-corrected chi connectivity index (χ3v) is 3.98. The third-order valence-electron chi connectivity index (χ3n) is 3.98. The Labute approximate surface area is 120 Å². The second-order valence-electron chi connectivity index (χ2n) is 6.08. The Kier molecular flexibility index (Phi) is 5.80. The van der Waals surface area contributed by atoms with Gasteiger partial charge in [0, 0.05) is 13.6 Å². The van der Waals surface area contributed by atoms with Gasteiger partial charge in [0.2, 0.25) is 0 Å². The lowest BCUT2D eigenvalue weighted by Crippen LogP contribution is -2.59. The molecule has 0 aromatic carbocycles. The van der Waals surface area contributed by atoms with Crippen molar-refractivity contribution >= 4 is 12.0 Å². The van der Waals surface area contributed by atoms with E-state index in [4.69, 9.17) is 0 Å². The maximum absolute atomic E-state index is 12.1. The van der Waals surface area contributed by atoms with Crippen LogP contribution in [0.5, 0.6) is 0 Å². The zero-order valence-electron chi connectivity index (χ0n) is 12.6. The molecular weight excluding hydrogens is 260 g/mol. The zero-order valence-corrected chi connectivity index (χ0v) is 12.6. The minimum Gasteiger partial charge on any atom is -0.480 e. The van der Waals surface area contributed by atoms with Crippen LogP contribution in [0.15, 0.2) is 0 Å². The normalized spacial score (nSPS) is 27.7. The summed E-state index contributed by atoms with van der Waals surface area (Å²) in [5.41, 5.74) is -1.14. The van der Waals surface area contributed by atoms with Crippen molar-refractivity contribution in [3.63, 3.8) is 0 Å². The topological polar surface area (TPSA) is 89.9 Å². The molecule has 3 N–H and O–H groups in total. The van der Waals surface area contributed by atoms with E-state index in [0.29, 0.717) is 31.7 Å². The molecule has 1 fully saturated rings. The molecule has 1 aliphatic rings. The first-order valence-corrected chi connectivity index (χ1v) is 7.21. The monoisotopic (exact) mass is 286 g/mol. The van der Waals surface area contributed by atoms with Gasteiger partial charge >= 0.3 is 12.0 Å². The Morgan fingerprint density at radius 2 is 2.15 bits per heavy atom. The van der Waals surface area contributed by atoms with Gasteiger partial charge in [-0.15, -0.1) is 0 Å². The number of nitrogens with zero attached hydrogens (tertiary/aromatic N) is 1. The van der Waals surface area contributed by atoms with Crippen LogP contribution >= 0.6 is 0 Å². The van der Waals surface area contributed by atoms with E-state index in [1.165, 1.54) is 4.90 Å². The zero-order chi connectivity index (χ0) is 15.3. The van der Waals surface area contributed by atoms with Crippen LogP contribution in [0.2, 0.25) is 0 Å². The number of rotatable bonds is 5. The predicted molar refractivity (Wildman–Crippen MR) is 75.5 cm³/mol. The van der Waals surface area contributed by atoms with Crippen molar-refractivity contribution in [1.29, 1.82) is 0 Å². The second-order valence-corrected chi connectivity index (χ2v) is 6.08. The van der Waals surface area contributed by atoms with Crippen molar-refractivity contribution in [2.24, 2.45) is 5.92 Å². The summed E-state index contributed by atoms with van der Waals surface area (Å²) in [4.78, 5) is 25.1. The van der Waals surface area contributed by atoms with Crippen LogP contribution in [0, 0.1) is 5.92 Å². The molecule has 1 rings (SSSR count). The van der Waals surface area contributed by atoms with E-state index in [1.807, 2.05) is 6.92 Å². The van der Waals surface area contributed by atoms with Gasteiger partial charge in [-0.2, -0.15) is 0 Å². The van der Waals surface area contributed by atoms with Gasteiger partial charge in [0.15, 0.2) is 0 Å². The molecule has 0 aromatic heterocycles. The highest BCUT2D eigenvalue weighted by molar-refractivity contribution is 5.86. The van der Waals surface area contributed by atoms with Gasteiger partial charge in [0.1, 0.15) is 5.54 Å². The molecule has 0 heterocycles. The van der Waals surface area contributed by atoms with Gasteiger partial charge in [0.05, 0.1) is 6.10 Å². The number of carbonyl (C=O) groups is 2. The summed E-state index contributed by atoms with van der Waals surface area (Å²) in [6, 6.07) is -0.387. The molecule has 20 heavy (non-hydrogen) atoms. The average Bonchev–Trinajstić information content (AvgIpc) is 2.35. The molecule has 0 aromatic rings. The Morgan fingerprint density at radius 3 is 2.65 bits per heavy atom. The van der Waals surface area contributed by atoms with Crippen molar-refractivity contribution in [3.8, 4) is 0 Å². The number of carbonyl (C=O) groups excluding carboxylic acids is 1. The molecule has 3 unspecified atom stereocenters. The van der Waals surface area contributed by atoms with Crippen molar-refractivity contribution in [2.45, 2.75) is 57.6 Å². The molecule has 6 heteroatoms. The molecule has 0 aliphatic heterocycles. The van der Waals surface area contributed by atoms with E-state index in [9.17, 15) is 19.8 Å². The molecule has 1 saturated carbocycles. The van der Waals surface area contributed by atoms with Gasteiger partial charge in [-0.05, 0) is 32.1 Å². The Balaban J connectivity index is 2.66. The number of aliphatic hydroxyl groups is 1. The molecule has 116 valence electrons. The van der Waals surface area contributed by atoms with E-state index in [0.717, 1.165) is 12.8 Å². The smallest absolute Gasteiger partial charge is 0.329 e. The van der Waals surface area contributed by atoms with Crippen molar-refractivity contribution < 1.29 is 19.8 Å². The summed E-state index contributed by atoms with van der Waals surface area (Å²) in [5, 5.41) is 21.4. The van der Waals surface area contributed by atoms with Crippen LogP contribution in [0.1, 0.15) is 46.0 Å². The van der Waals surface area contributed by atoms with E-state index < -0.39 is 17.6 Å². The first-order valence-electron chi connectivity index (χ1n) is 7.21. The number of carboxylic acids is 1. The van der Waals surface area contributed by atoms with Crippen LogP contribution in [-0.2, 0) is 4.79 Å². The van der Waals surface area contributed by atoms with E-state index in [1.54, 1.807) is 14.0 Å². The molecule has 0 radical (unpaired) electrons. The van der Waals surface area contributed by atoms with E-state index in [-0.39, 0.29) is 6.03 Å². The van der Waals surface area contributed by atoms with Crippen LogP contribution in [-0.4, -0.2) is 52.3 Å². The first kappa shape index (κ1) is 16.8. The van der Waals surface area contributed by atoms with Crippen molar-refractivity contribution in [3.05, 3.63) is 0 Å². The van der Waals surface area contributed by atoms with Crippen molar-refractivity contribution in [2.75, 3.05) is 13.6 Å². The summed E-state index contributed by atoms with van der Waals surface area (Å²) < 4.78 is 0. The fourth-order valence-electron chi connectivity index (χ4n) is 2.69. The number of aliphatic hydroxyl groups excluding tert-OH is 1. The van der Waals surface area contributed by atoms with Gasteiger partial charge < -0.3 is 20.4 Å². The summed E-state index contributed by atoms with van der Waals surface area (Å²) in [6.07, 6.45) is 2.75. The minimum atomic E-state index is -1.14. The molecule has 0 spiro atoms. The quantitative estimate of drug-likeness (QED) is 0.713. The van der Waals surface area contributed by atoms with Gasteiger partial charge in [-0.1, -0.05) is 19.8 Å². The summed E-state index contributed by atoms with van der Waals surface area (Å²) in [6.45, 7) is 4.07. The molecule has 1 aliphatic carbocycles. The number of hydrogen-bond donors (Lipinski definition) is 3. The summed E-state index contributed by atoms with van der Waals surface area (Å²) in [7, 11) is 1.61. The van der Waals surface area contributed by atoms with E-state index in [2.05, 4.69) is 5.32 Å². The third kappa shape index (κ3) is 4.37. The molecule has 2 amide bonds. The highest BCUT2D eigenvalue weighted by Gasteiger charge is 2.43. The number of aliphatic carboxylic acids is 1. The number of hydrogen-bond acceptors (Lipinski definition) is 3. The van der Waals surface area contributed by atoms with Gasteiger partial charge in [-0.3, -0.25) is 0 Å². The summed E-state index contributed by atoms with van der Waals surface area (Å²) >= 11 is 0. The Bertz CT molecular complexity index is 359. The van der Waals surface area contributed by atoms with Crippen LogP contribution in [0.4, 0.5) is 4.79 Å². The highest BCUT2D eigenvalue weighted by atomic mass is 16.4. The van der Waals surface area contributed by atoms with Crippen LogP contribution in [0.3, 0.4) is 0 Å². The minimum absolute atomic E-state index is 0.294. The maximum atomic E-state index is 12.1. The Hall–Kier alpha value is -1.30.